The predicted molar refractivity (Wildman–Crippen MR) is 98.1 cm³/mol. The lowest BCUT2D eigenvalue weighted by molar-refractivity contribution is 0.102. The number of nitrogens with one attached hydrogen (secondary N) is 1. The summed E-state index contributed by atoms with van der Waals surface area (Å²) in [6.07, 6.45) is 3.59. The van der Waals surface area contributed by atoms with Crippen molar-refractivity contribution in [3.63, 3.8) is 0 Å². The topological polar surface area (TPSA) is 61.1 Å². The summed E-state index contributed by atoms with van der Waals surface area (Å²) in [6.45, 7) is 0. The van der Waals surface area contributed by atoms with Crippen LogP contribution in [0.1, 0.15) is 10.4 Å². The van der Waals surface area contributed by atoms with Crippen molar-refractivity contribution in [1.29, 1.82) is 0 Å². The van der Waals surface area contributed by atoms with E-state index in [4.69, 9.17) is 4.74 Å². The van der Waals surface area contributed by atoms with Gasteiger partial charge in [-0.2, -0.15) is 0 Å². The molecule has 0 aliphatic rings. The molecule has 0 saturated carbocycles. The fraction of sp³-hybridized carbons (Fsp3) is 0.158. The first-order chi connectivity index (χ1) is 12.1. The van der Waals surface area contributed by atoms with E-state index in [1.807, 2.05) is 65.8 Å². The van der Waals surface area contributed by atoms with E-state index in [1.54, 1.807) is 13.4 Å². The molecule has 0 aliphatic heterocycles. The second-order valence-electron chi connectivity index (χ2n) is 6.05. The van der Waals surface area contributed by atoms with Gasteiger partial charge in [0.25, 0.3) is 5.91 Å². The van der Waals surface area contributed by atoms with Gasteiger partial charge in [0, 0.05) is 36.9 Å². The number of fused-ring (bicyclic) bond motifs is 2. The zero-order valence-corrected chi connectivity index (χ0v) is 14.3. The van der Waals surface area contributed by atoms with Crippen molar-refractivity contribution < 1.29 is 9.53 Å². The highest BCUT2D eigenvalue weighted by Gasteiger charge is 2.15. The fourth-order valence-electron chi connectivity index (χ4n) is 3.09. The molecule has 0 saturated heterocycles. The van der Waals surface area contributed by atoms with Crippen LogP contribution in [0.4, 0.5) is 5.69 Å². The molecule has 0 spiro atoms. The Morgan fingerprint density at radius 1 is 1.08 bits per heavy atom. The minimum Gasteiger partial charge on any atom is -0.497 e. The highest BCUT2D eigenvalue weighted by molar-refractivity contribution is 6.13. The molecule has 25 heavy (non-hydrogen) atoms. The number of benzene rings is 2. The maximum Gasteiger partial charge on any atom is 0.257 e. The molecule has 0 unspecified atom stereocenters. The van der Waals surface area contributed by atoms with Gasteiger partial charge in [-0.25, -0.2) is 4.98 Å². The van der Waals surface area contributed by atoms with E-state index in [-0.39, 0.29) is 5.91 Å². The number of hydrogen-bond acceptors (Lipinski definition) is 3. The van der Waals surface area contributed by atoms with Gasteiger partial charge in [-0.05, 0) is 36.4 Å². The molecule has 4 aromatic rings. The second kappa shape index (κ2) is 5.66. The highest BCUT2D eigenvalue weighted by atomic mass is 16.5. The molecule has 0 aliphatic carbocycles. The van der Waals surface area contributed by atoms with E-state index in [0.717, 1.165) is 33.4 Å². The normalized spacial score (nSPS) is 11.2. The Morgan fingerprint density at radius 3 is 2.68 bits per heavy atom. The van der Waals surface area contributed by atoms with E-state index < -0.39 is 0 Å². The second-order valence-corrected chi connectivity index (χ2v) is 6.05. The van der Waals surface area contributed by atoms with Crippen LogP contribution in [0.2, 0.25) is 0 Å². The standard InChI is InChI=1S/C19H18N4O2/c1-22-10-15(14-9-13(25-3)5-7-17(14)22)19(24)21-12-4-6-18-16(8-12)20-11-23(18)2/h4-11H,1-3H3,(H,21,24). The third-order valence-electron chi connectivity index (χ3n) is 4.42. The van der Waals surface area contributed by atoms with Crippen molar-refractivity contribution in [3.05, 3.63) is 54.5 Å². The number of aromatic nitrogens is 3. The lowest BCUT2D eigenvalue weighted by Gasteiger charge is -2.05. The number of carbonyl (C=O) groups is 1. The lowest BCUT2D eigenvalue weighted by atomic mass is 10.1. The summed E-state index contributed by atoms with van der Waals surface area (Å²) in [5.74, 6) is 0.566. The summed E-state index contributed by atoms with van der Waals surface area (Å²) in [6, 6.07) is 11.4. The van der Waals surface area contributed by atoms with Crippen LogP contribution in [0.3, 0.4) is 0 Å². The van der Waals surface area contributed by atoms with E-state index in [9.17, 15) is 4.79 Å². The summed E-state index contributed by atoms with van der Waals surface area (Å²) >= 11 is 0. The number of carbonyl (C=O) groups excluding carboxylic acids is 1. The van der Waals surface area contributed by atoms with Crippen molar-refractivity contribution in [2.45, 2.75) is 0 Å². The number of anilines is 1. The van der Waals surface area contributed by atoms with E-state index in [0.29, 0.717) is 5.56 Å². The summed E-state index contributed by atoms with van der Waals surface area (Å²) in [4.78, 5) is 17.1. The number of rotatable bonds is 3. The molecule has 6 nitrogen and oxygen atoms in total. The minimum atomic E-state index is -0.158. The number of ether oxygens (including phenoxy) is 1. The monoisotopic (exact) mass is 334 g/mol. The molecule has 0 fully saturated rings. The van der Waals surface area contributed by atoms with Crippen molar-refractivity contribution >= 4 is 33.5 Å². The van der Waals surface area contributed by atoms with Crippen LogP contribution in [0.25, 0.3) is 21.9 Å². The van der Waals surface area contributed by atoms with Gasteiger partial charge in [0.2, 0.25) is 0 Å². The Labute approximate surface area is 144 Å². The van der Waals surface area contributed by atoms with Gasteiger partial charge in [-0.15, -0.1) is 0 Å². The van der Waals surface area contributed by atoms with Gasteiger partial charge in [0.15, 0.2) is 0 Å². The number of hydrogen-bond donors (Lipinski definition) is 1. The zero-order valence-electron chi connectivity index (χ0n) is 14.3. The Hall–Kier alpha value is -3.28. The molecule has 2 aromatic heterocycles. The van der Waals surface area contributed by atoms with E-state index >= 15 is 0 Å². The molecule has 6 heteroatoms. The SMILES string of the molecule is COc1ccc2c(c1)c(C(=O)Nc1ccc3c(c1)ncn3C)cn2C. The van der Waals surface area contributed by atoms with Crippen LogP contribution in [-0.4, -0.2) is 27.1 Å². The molecule has 1 amide bonds. The Balaban J connectivity index is 1.71. The Morgan fingerprint density at radius 2 is 1.88 bits per heavy atom. The molecule has 2 heterocycles. The van der Waals surface area contributed by atoms with Gasteiger partial charge in [0.1, 0.15) is 5.75 Å². The van der Waals surface area contributed by atoms with Crippen LogP contribution < -0.4 is 10.1 Å². The third kappa shape index (κ3) is 2.52. The molecule has 0 radical (unpaired) electrons. The highest BCUT2D eigenvalue weighted by Crippen LogP contribution is 2.26. The van der Waals surface area contributed by atoms with Gasteiger partial charge in [0.05, 0.1) is 30.0 Å². The fourth-order valence-corrected chi connectivity index (χ4v) is 3.09. The first-order valence-corrected chi connectivity index (χ1v) is 7.92. The Bertz CT molecular complexity index is 1110. The van der Waals surface area contributed by atoms with Gasteiger partial charge in [-0.3, -0.25) is 4.79 Å². The lowest BCUT2D eigenvalue weighted by Crippen LogP contribution is -2.11. The first-order valence-electron chi connectivity index (χ1n) is 7.92. The van der Waals surface area contributed by atoms with E-state index in [1.165, 1.54) is 0 Å². The molecule has 2 aromatic carbocycles. The number of nitrogens with zero attached hydrogens (tertiary/aromatic N) is 3. The molecular weight excluding hydrogens is 316 g/mol. The van der Waals surface area contributed by atoms with Gasteiger partial charge < -0.3 is 19.2 Å². The average Bonchev–Trinajstić information content (AvgIpc) is 3.15. The summed E-state index contributed by atoms with van der Waals surface area (Å²) in [7, 11) is 5.48. The van der Waals surface area contributed by atoms with E-state index in [2.05, 4.69) is 10.3 Å². The molecule has 0 atom stereocenters. The summed E-state index contributed by atoms with van der Waals surface area (Å²) in [5.41, 5.74) is 4.17. The minimum absolute atomic E-state index is 0.158. The van der Waals surface area contributed by atoms with Crippen LogP contribution in [0.5, 0.6) is 5.75 Å². The molecule has 0 bridgehead atoms. The first kappa shape index (κ1) is 15.3. The number of amides is 1. The zero-order chi connectivity index (χ0) is 17.6. The maximum absolute atomic E-state index is 12.8. The Kier molecular flexibility index (Phi) is 3.46. The summed E-state index contributed by atoms with van der Waals surface area (Å²) in [5, 5.41) is 3.82. The van der Waals surface area contributed by atoms with Crippen LogP contribution in [0.15, 0.2) is 48.9 Å². The summed E-state index contributed by atoms with van der Waals surface area (Å²) < 4.78 is 9.16. The quantitative estimate of drug-likeness (QED) is 0.625. The van der Waals surface area contributed by atoms with Crippen molar-refractivity contribution in [2.75, 3.05) is 12.4 Å². The molecule has 4 rings (SSSR count). The smallest absolute Gasteiger partial charge is 0.257 e. The number of imidazole rings is 1. The number of methoxy groups -OCH3 is 1. The van der Waals surface area contributed by atoms with Crippen LogP contribution in [-0.2, 0) is 14.1 Å². The van der Waals surface area contributed by atoms with Crippen LogP contribution >= 0.6 is 0 Å². The molecule has 126 valence electrons. The van der Waals surface area contributed by atoms with Gasteiger partial charge in [-0.1, -0.05) is 0 Å². The van der Waals surface area contributed by atoms with Crippen molar-refractivity contribution in [3.8, 4) is 5.75 Å². The van der Waals surface area contributed by atoms with Crippen molar-refractivity contribution in [1.82, 2.24) is 14.1 Å². The largest absolute Gasteiger partial charge is 0.497 e. The molecule has 1 N–H and O–H groups in total. The third-order valence-corrected chi connectivity index (χ3v) is 4.42. The predicted octanol–water partition coefficient (Wildman–Crippen LogP) is 3.33. The van der Waals surface area contributed by atoms with Crippen LogP contribution in [0, 0.1) is 0 Å². The van der Waals surface area contributed by atoms with Crippen molar-refractivity contribution in [2.24, 2.45) is 14.1 Å². The number of aryl methyl sites for hydroxylation is 2. The molecular formula is C19H18N4O2. The average molecular weight is 334 g/mol. The maximum atomic E-state index is 12.8. The van der Waals surface area contributed by atoms with Gasteiger partial charge >= 0.3 is 0 Å².